The highest BCUT2D eigenvalue weighted by Gasteiger charge is 2.37. The van der Waals surface area contributed by atoms with Gasteiger partial charge in [-0.05, 0) is 68.9 Å². The summed E-state index contributed by atoms with van der Waals surface area (Å²) in [4.78, 5) is 0. The van der Waals surface area contributed by atoms with Gasteiger partial charge >= 0.3 is 0 Å². The molecular weight excluding hydrogens is 194 g/mol. The van der Waals surface area contributed by atoms with Crippen LogP contribution < -0.4 is 5.32 Å². The lowest BCUT2D eigenvalue weighted by Gasteiger charge is -2.37. The molecule has 2 aliphatic rings. The molecule has 0 bridgehead atoms. The summed E-state index contributed by atoms with van der Waals surface area (Å²) in [7, 11) is 0. The number of nitrogens with one attached hydrogen (secondary N) is 1. The molecule has 1 heteroatoms. The Labute approximate surface area is 101 Å². The molecule has 0 saturated heterocycles. The summed E-state index contributed by atoms with van der Waals surface area (Å²) in [6, 6.07) is 0. The van der Waals surface area contributed by atoms with Crippen molar-refractivity contribution in [3.8, 4) is 0 Å². The standard InChI is InChI=1S/C15H29N/c1-13(2)11-16-12-14-5-9-15(10-6-14)7-3-4-8-15/h13-14,16H,3-12H2,1-2H3. The maximum atomic E-state index is 3.63. The van der Waals surface area contributed by atoms with E-state index in [1.807, 2.05) is 0 Å². The molecule has 1 nitrogen and oxygen atoms in total. The van der Waals surface area contributed by atoms with E-state index >= 15 is 0 Å². The number of rotatable bonds is 4. The van der Waals surface area contributed by atoms with Gasteiger partial charge in [-0.3, -0.25) is 0 Å². The molecule has 0 radical (unpaired) electrons. The smallest absolute Gasteiger partial charge is 0.00204 e. The van der Waals surface area contributed by atoms with Crippen LogP contribution in [0.1, 0.15) is 65.2 Å². The third kappa shape index (κ3) is 3.23. The average Bonchev–Trinajstić information content (AvgIpc) is 2.70. The van der Waals surface area contributed by atoms with Gasteiger partial charge in [-0.2, -0.15) is 0 Å². The summed E-state index contributed by atoms with van der Waals surface area (Å²) in [5, 5.41) is 3.63. The molecule has 0 aliphatic heterocycles. The predicted octanol–water partition coefficient (Wildman–Crippen LogP) is 3.98. The summed E-state index contributed by atoms with van der Waals surface area (Å²) in [5.41, 5.74) is 0.814. The Morgan fingerprint density at radius 2 is 1.69 bits per heavy atom. The largest absolute Gasteiger partial charge is 0.316 e. The molecule has 0 aromatic heterocycles. The highest BCUT2D eigenvalue weighted by molar-refractivity contribution is 4.89. The van der Waals surface area contributed by atoms with Gasteiger partial charge in [0.1, 0.15) is 0 Å². The topological polar surface area (TPSA) is 12.0 Å². The molecule has 2 fully saturated rings. The van der Waals surface area contributed by atoms with Crippen LogP contribution in [0.2, 0.25) is 0 Å². The van der Waals surface area contributed by atoms with Crippen LogP contribution >= 0.6 is 0 Å². The maximum absolute atomic E-state index is 3.63. The van der Waals surface area contributed by atoms with Gasteiger partial charge in [0.15, 0.2) is 0 Å². The summed E-state index contributed by atoms with van der Waals surface area (Å²) < 4.78 is 0. The minimum Gasteiger partial charge on any atom is -0.316 e. The second kappa shape index (κ2) is 5.53. The Balaban J connectivity index is 1.65. The van der Waals surface area contributed by atoms with E-state index in [0.717, 1.165) is 17.3 Å². The summed E-state index contributed by atoms with van der Waals surface area (Å²) in [5.74, 6) is 1.77. The highest BCUT2D eigenvalue weighted by atomic mass is 14.9. The number of hydrogen-bond donors (Lipinski definition) is 1. The Kier molecular flexibility index (Phi) is 4.29. The first-order valence-corrected chi connectivity index (χ1v) is 7.41. The highest BCUT2D eigenvalue weighted by Crippen LogP contribution is 2.50. The second-order valence-corrected chi connectivity index (χ2v) is 6.70. The van der Waals surface area contributed by atoms with Crippen LogP contribution in [0.25, 0.3) is 0 Å². The van der Waals surface area contributed by atoms with Crippen LogP contribution in [0.4, 0.5) is 0 Å². The molecular formula is C15H29N. The van der Waals surface area contributed by atoms with Crippen LogP contribution in [0.3, 0.4) is 0 Å². The summed E-state index contributed by atoms with van der Waals surface area (Å²) in [6.45, 7) is 7.05. The van der Waals surface area contributed by atoms with E-state index in [1.165, 1.54) is 51.6 Å². The van der Waals surface area contributed by atoms with Crippen molar-refractivity contribution in [1.29, 1.82) is 0 Å². The lowest BCUT2D eigenvalue weighted by Crippen LogP contribution is -2.32. The first-order valence-electron chi connectivity index (χ1n) is 7.41. The molecule has 2 aliphatic carbocycles. The van der Waals surface area contributed by atoms with Crippen LogP contribution in [0.5, 0.6) is 0 Å². The van der Waals surface area contributed by atoms with E-state index in [4.69, 9.17) is 0 Å². The van der Waals surface area contributed by atoms with Gasteiger partial charge in [-0.15, -0.1) is 0 Å². The molecule has 0 aromatic carbocycles. The molecule has 0 atom stereocenters. The summed E-state index contributed by atoms with van der Waals surface area (Å²) >= 11 is 0. The molecule has 0 heterocycles. The quantitative estimate of drug-likeness (QED) is 0.760. The van der Waals surface area contributed by atoms with Gasteiger partial charge in [0, 0.05) is 0 Å². The minimum atomic E-state index is 0.796. The van der Waals surface area contributed by atoms with Gasteiger partial charge in [-0.25, -0.2) is 0 Å². The molecule has 2 rings (SSSR count). The fourth-order valence-corrected chi connectivity index (χ4v) is 3.70. The van der Waals surface area contributed by atoms with Crippen molar-refractivity contribution in [2.45, 2.75) is 65.2 Å². The van der Waals surface area contributed by atoms with Crippen molar-refractivity contribution in [3.05, 3.63) is 0 Å². The van der Waals surface area contributed by atoms with E-state index in [9.17, 15) is 0 Å². The monoisotopic (exact) mass is 223 g/mol. The van der Waals surface area contributed by atoms with Gasteiger partial charge in [0.05, 0.1) is 0 Å². The zero-order valence-electron chi connectivity index (χ0n) is 11.2. The predicted molar refractivity (Wildman–Crippen MR) is 70.6 cm³/mol. The van der Waals surface area contributed by atoms with E-state index < -0.39 is 0 Å². The Hall–Kier alpha value is -0.0400. The molecule has 0 unspecified atom stereocenters. The van der Waals surface area contributed by atoms with Crippen molar-refractivity contribution in [2.75, 3.05) is 13.1 Å². The molecule has 0 aromatic rings. The van der Waals surface area contributed by atoms with Crippen LogP contribution in [-0.4, -0.2) is 13.1 Å². The van der Waals surface area contributed by atoms with Gasteiger partial charge in [0.25, 0.3) is 0 Å². The number of hydrogen-bond acceptors (Lipinski definition) is 1. The Morgan fingerprint density at radius 3 is 2.25 bits per heavy atom. The van der Waals surface area contributed by atoms with Crippen molar-refractivity contribution in [3.63, 3.8) is 0 Å². The van der Waals surface area contributed by atoms with E-state index in [-0.39, 0.29) is 0 Å². The molecule has 16 heavy (non-hydrogen) atoms. The van der Waals surface area contributed by atoms with Crippen molar-refractivity contribution >= 4 is 0 Å². The molecule has 0 amide bonds. The third-order valence-corrected chi connectivity index (χ3v) is 4.82. The van der Waals surface area contributed by atoms with Gasteiger partial charge < -0.3 is 5.32 Å². The zero-order chi connectivity index (χ0) is 11.4. The first-order chi connectivity index (χ1) is 7.70. The molecule has 2 saturated carbocycles. The molecule has 1 spiro atoms. The van der Waals surface area contributed by atoms with E-state index in [1.54, 1.807) is 12.8 Å². The average molecular weight is 223 g/mol. The van der Waals surface area contributed by atoms with Crippen LogP contribution in [0.15, 0.2) is 0 Å². The van der Waals surface area contributed by atoms with Crippen LogP contribution in [0, 0.1) is 17.3 Å². The Morgan fingerprint density at radius 1 is 1.06 bits per heavy atom. The van der Waals surface area contributed by atoms with Gasteiger partial charge in [-0.1, -0.05) is 26.7 Å². The fraction of sp³-hybridized carbons (Fsp3) is 1.00. The van der Waals surface area contributed by atoms with Crippen molar-refractivity contribution in [2.24, 2.45) is 17.3 Å². The van der Waals surface area contributed by atoms with Crippen molar-refractivity contribution in [1.82, 2.24) is 5.32 Å². The minimum absolute atomic E-state index is 0.796. The zero-order valence-corrected chi connectivity index (χ0v) is 11.2. The Bertz CT molecular complexity index is 193. The maximum Gasteiger partial charge on any atom is -0.00204 e. The third-order valence-electron chi connectivity index (χ3n) is 4.82. The SMILES string of the molecule is CC(C)CNCC1CCC2(CCCC2)CC1. The lowest BCUT2D eigenvalue weighted by molar-refractivity contribution is 0.153. The normalized spacial score (nSPS) is 25.7. The summed E-state index contributed by atoms with van der Waals surface area (Å²) in [6.07, 6.45) is 12.1. The fourth-order valence-electron chi connectivity index (χ4n) is 3.70. The molecule has 94 valence electrons. The second-order valence-electron chi connectivity index (χ2n) is 6.70. The first kappa shape index (κ1) is 12.4. The van der Waals surface area contributed by atoms with Crippen molar-refractivity contribution < 1.29 is 0 Å². The van der Waals surface area contributed by atoms with Crippen LogP contribution in [-0.2, 0) is 0 Å². The van der Waals surface area contributed by atoms with E-state index in [2.05, 4.69) is 19.2 Å². The lowest BCUT2D eigenvalue weighted by atomic mass is 9.69. The molecule has 1 N–H and O–H groups in total. The van der Waals surface area contributed by atoms with E-state index in [0.29, 0.717) is 0 Å². The van der Waals surface area contributed by atoms with Gasteiger partial charge in [0.2, 0.25) is 0 Å².